The lowest BCUT2D eigenvalue weighted by Gasteiger charge is -2.12. The average Bonchev–Trinajstić information content (AvgIpc) is 2.63. The molecule has 0 unspecified atom stereocenters. The van der Waals surface area contributed by atoms with E-state index in [9.17, 15) is 9.50 Å². The van der Waals surface area contributed by atoms with Crippen LogP contribution in [0.3, 0.4) is 0 Å². The van der Waals surface area contributed by atoms with Gasteiger partial charge in [0.15, 0.2) is 17.5 Å². The number of benzene rings is 2. The van der Waals surface area contributed by atoms with Crippen LogP contribution in [0.1, 0.15) is 18.1 Å². The van der Waals surface area contributed by atoms with Gasteiger partial charge in [-0.2, -0.15) is 0 Å². The molecule has 148 valence electrons. The van der Waals surface area contributed by atoms with Crippen molar-refractivity contribution >= 4 is 41.5 Å². The summed E-state index contributed by atoms with van der Waals surface area (Å²) in [7, 11) is 1.60. The van der Waals surface area contributed by atoms with Gasteiger partial charge in [0.25, 0.3) is 0 Å². The first-order valence-corrected chi connectivity index (χ1v) is 8.73. The Bertz CT molecular complexity index is 775. The van der Waals surface area contributed by atoms with E-state index in [1.54, 1.807) is 19.2 Å². The Hall–Kier alpha value is -1.74. The Morgan fingerprint density at radius 3 is 2.63 bits per heavy atom. The SMILES string of the molecule is CCNC(=NCc1ccc(O)c(F)c1)NCCc1ccc(OC)cc1Cl.I. The molecule has 0 bridgehead atoms. The normalized spacial score (nSPS) is 10.9. The summed E-state index contributed by atoms with van der Waals surface area (Å²) in [5.74, 6) is 0.345. The van der Waals surface area contributed by atoms with Crippen LogP contribution in [0.2, 0.25) is 5.02 Å². The molecule has 3 N–H and O–H groups in total. The van der Waals surface area contributed by atoms with E-state index in [0.29, 0.717) is 36.2 Å². The molecule has 5 nitrogen and oxygen atoms in total. The molecule has 0 saturated heterocycles. The lowest BCUT2D eigenvalue weighted by atomic mass is 10.1. The third-order valence-electron chi connectivity index (χ3n) is 3.72. The molecular formula is C19H24ClFIN3O2. The number of halogens is 3. The standard InChI is InChI=1S/C19H23ClFN3O2.HI/c1-3-22-19(24-12-13-4-7-18(25)17(21)10-13)23-9-8-14-5-6-15(26-2)11-16(14)20;/h4-7,10-11,25H,3,8-9,12H2,1-2H3,(H2,22,23,24);1H. The second-order valence-electron chi connectivity index (χ2n) is 5.62. The van der Waals surface area contributed by atoms with Crippen LogP contribution >= 0.6 is 35.6 Å². The number of methoxy groups -OCH3 is 1. The number of aliphatic imine (C=N–C) groups is 1. The summed E-state index contributed by atoms with van der Waals surface area (Å²) in [6.45, 7) is 3.62. The number of hydrogen-bond acceptors (Lipinski definition) is 3. The molecular weight excluding hydrogens is 484 g/mol. The quantitative estimate of drug-likeness (QED) is 0.300. The first kappa shape index (κ1) is 23.3. The van der Waals surface area contributed by atoms with Gasteiger partial charge in [-0.1, -0.05) is 23.7 Å². The Kier molecular flexibility index (Phi) is 10.2. The van der Waals surface area contributed by atoms with E-state index >= 15 is 0 Å². The molecule has 2 rings (SSSR count). The van der Waals surface area contributed by atoms with Gasteiger partial charge >= 0.3 is 0 Å². The van der Waals surface area contributed by atoms with Crippen LogP contribution in [0.5, 0.6) is 11.5 Å². The fourth-order valence-corrected chi connectivity index (χ4v) is 2.60. The molecule has 0 saturated carbocycles. The maximum absolute atomic E-state index is 13.4. The molecule has 0 aromatic heterocycles. The molecule has 0 amide bonds. The van der Waals surface area contributed by atoms with Gasteiger partial charge in [0.05, 0.1) is 13.7 Å². The minimum absolute atomic E-state index is 0. The first-order chi connectivity index (χ1) is 12.5. The molecule has 0 aliphatic carbocycles. The number of ether oxygens (including phenoxy) is 1. The Morgan fingerprint density at radius 2 is 2.00 bits per heavy atom. The second kappa shape index (κ2) is 11.9. The first-order valence-electron chi connectivity index (χ1n) is 8.35. The van der Waals surface area contributed by atoms with Crippen molar-refractivity contribution in [1.82, 2.24) is 10.6 Å². The van der Waals surface area contributed by atoms with Crippen molar-refractivity contribution in [2.24, 2.45) is 4.99 Å². The number of phenols is 1. The number of rotatable bonds is 7. The fourth-order valence-electron chi connectivity index (χ4n) is 2.33. The van der Waals surface area contributed by atoms with Gasteiger partial charge < -0.3 is 20.5 Å². The van der Waals surface area contributed by atoms with E-state index in [1.807, 2.05) is 19.1 Å². The highest BCUT2D eigenvalue weighted by Gasteiger charge is 2.05. The molecule has 27 heavy (non-hydrogen) atoms. The third-order valence-corrected chi connectivity index (χ3v) is 4.07. The second-order valence-corrected chi connectivity index (χ2v) is 6.02. The van der Waals surface area contributed by atoms with Gasteiger partial charge in [-0.25, -0.2) is 9.38 Å². The predicted molar refractivity (Wildman–Crippen MR) is 118 cm³/mol. The zero-order chi connectivity index (χ0) is 18.9. The highest BCUT2D eigenvalue weighted by atomic mass is 127. The van der Waals surface area contributed by atoms with E-state index in [1.165, 1.54) is 12.1 Å². The van der Waals surface area contributed by atoms with Gasteiger partial charge in [-0.05, 0) is 48.7 Å². The van der Waals surface area contributed by atoms with Crippen LogP contribution in [0.4, 0.5) is 4.39 Å². The largest absolute Gasteiger partial charge is 0.505 e. The number of aromatic hydroxyl groups is 1. The molecule has 0 aliphatic rings. The van der Waals surface area contributed by atoms with E-state index in [0.717, 1.165) is 17.7 Å². The van der Waals surface area contributed by atoms with Gasteiger partial charge in [0.1, 0.15) is 5.75 Å². The Morgan fingerprint density at radius 1 is 1.22 bits per heavy atom. The molecule has 0 aliphatic heterocycles. The number of phenolic OH excluding ortho intramolecular Hbond substituents is 1. The summed E-state index contributed by atoms with van der Waals surface area (Å²) in [4.78, 5) is 4.43. The molecule has 2 aromatic carbocycles. The monoisotopic (exact) mass is 507 g/mol. The van der Waals surface area contributed by atoms with E-state index < -0.39 is 5.82 Å². The molecule has 0 fully saturated rings. The highest BCUT2D eigenvalue weighted by molar-refractivity contribution is 14.0. The summed E-state index contributed by atoms with van der Waals surface area (Å²) >= 11 is 6.24. The maximum atomic E-state index is 13.4. The Labute approximate surface area is 181 Å². The molecule has 0 spiro atoms. The highest BCUT2D eigenvalue weighted by Crippen LogP contribution is 2.22. The smallest absolute Gasteiger partial charge is 0.191 e. The Balaban J connectivity index is 0.00000364. The maximum Gasteiger partial charge on any atom is 0.191 e. The number of guanidine groups is 1. The summed E-state index contributed by atoms with van der Waals surface area (Å²) in [6.07, 6.45) is 0.723. The van der Waals surface area contributed by atoms with Crippen molar-refractivity contribution < 1.29 is 14.2 Å². The van der Waals surface area contributed by atoms with Gasteiger partial charge in [-0.15, -0.1) is 24.0 Å². The fraction of sp³-hybridized carbons (Fsp3) is 0.316. The number of nitrogens with one attached hydrogen (secondary N) is 2. The number of nitrogens with zero attached hydrogens (tertiary/aromatic N) is 1. The lowest BCUT2D eigenvalue weighted by molar-refractivity contribution is 0.414. The molecule has 2 aromatic rings. The van der Waals surface area contributed by atoms with Crippen LogP contribution in [0.25, 0.3) is 0 Å². The third kappa shape index (κ3) is 7.42. The van der Waals surface area contributed by atoms with Crippen LogP contribution in [-0.2, 0) is 13.0 Å². The van der Waals surface area contributed by atoms with Gasteiger partial charge in [0, 0.05) is 18.1 Å². The summed E-state index contributed by atoms with van der Waals surface area (Å²) in [5.41, 5.74) is 1.69. The summed E-state index contributed by atoms with van der Waals surface area (Å²) < 4.78 is 18.5. The van der Waals surface area contributed by atoms with Crippen LogP contribution < -0.4 is 15.4 Å². The molecule has 8 heteroatoms. The topological polar surface area (TPSA) is 65.9 Å². The van der Waals surface area contributed by atoms with Crippen molar-refractivity contribution in [3.63, 3.8) is 0 Å². The molecule has 0 radical (unpaired) electrons. The van der Waals surface area contributed by atoms with Crippen LogP contribution in [0.15, 0.2) is 41.4 Å². The van der Waals surface area contributed by atoms with E-state index in [2.05, 4.69) is 15.6 Å². The van der Waals surface area contributed by atoms with Crippen molar-refractivity contribution in [2.75, 3.05) is 20.2 Å². The summed E-state index contributed by atoms with van der Waals surface area (Å²) in [6, 6.07) is 9.84. The van der Waals surface area contributed by atoms with E-state index in [4.69, 9.17) is 16.3 Å². The van der Waals surface area contributed by atoms with Crippen molar-refractivity contribution in [1.29, 1.82) is 0 Å². The number of hydrogen-bond donors (Lipinski definition) is 3. The zero-order valence-corrected chi connectivity index (χ0v) is 18.3. The minimum Gasteiger partial charge on any atom is -0.505 e. The van der Waals surface area contributed by atoms with Crippen molar-refractivity contribution in [2.45, 2.75) is 19.9 Å². The zero-order valence-electron chi connectivity index (χ0n) is 15.3. The lowest BCUT2D eigenvalue weighted by Crippen LogP contribution is -2.38. The van der Waals surface area contributed by atoms with Crippen molar-refractivity contribution in [3.8, 4) is 11.5 Å². The molecule has 0 heterocycles. The molecule has 0 atom stereocenters. The minimum atomic E-state index is -0.648. The van der Waals surface area contributed by atoms with E-state index in [-0.39, 0.29) is 29.7 Å². The van der Waals surface area contributed by atoms with Crippen LogP contribution in [0, 0.1) is 5.82 Å². The summed E-state index contributed by atoms with van der Waals surface area (Å²) in [5, 5.41) is 16.3. The van der Waals surface area contributed by atoms with Crippen molar-refractivity contribution in [3.05, 3.63) is 58.4 Å². The predicted octanol–water partition coefficient (Wildman–Crippen LogP) is 4.11. The van der Waals surface area contributed by atoms with Gasteiger partial charge in [-0.3, -0.25) is 0 Å². The van der Waals surface area contributed by atoms with Gasteiger partial charge in [0.2, 0.25) is 0 Å². The van der Waals surface area contributed by atoms with Crippen LogP contribution in [-0.4, -0.2) is 31.3 Å². The average molecular weight is 508 g/mol.